The largest absolute Gasteiger partial charge is 0.352 e. The predicted octanol–water partition coefficient (Wildman–Crippen LogP) is 2.54. The number of carbonyl (C=O) groups excluding carboxylic acids is 1. The van der Waals surface area contributed by atoms with E-state index >= 15 is 0 Å². The summed E-state index contributed by atoms with van der Waals surface area (Å²) in [7, 11) is 0. The fraction of sp³-hybridized carbons (Fsp3) is 0.263. The summed E-state index contributed by atoms with van der Waals surface area (Å²) in [4.78, 5) is 20.9. The van der Waals surface area contributed by atoms with Crippen LogP contribution in [-0.4, -0.2) is 56.7 Å². The van der Waals surface area contributed by atoms with Gasteiger partial charge in [-0.1, -0.05) is 0 Å². The summed E-state index contributed by atoms with van der Waals surface area (Å²) in [5.74, 6) is 2.54. The summed E-state index contributed by atoms with van der Waals surface area (Å²) in [6.07, 6.45) is 3.61. The van der Waals surface area contributed by atoms with Crippen LogP contribution in [0.5, 0.6) is 0 Å². The van der Waals surface area contributed by atoms with Crippen molar-refractivity contribution in [2.24, 2.45) is 0 Å². The minimum Gasteiger partial charge on any atom is -0.352 e. The average molecular weight is 474 g/mol. The van der Waals surface area contributed by atoms with Gasteiger partial charge >= 0.3 is 0 Å². The SMILES string of the molecule is Cc1nccn1-c1ccc(N2CCN(C(=O)c3ccc(I)cc3)CC2)nn1. The maximum Gasteiger partial charge on any atom is 0.253 e. The van der Waals surface area contributed by atoms with Gasteiger partial charge in [-0.3, -0.25) is 9.36 Å². The van der Waals surface area contributed by atoms with Crippen LogP contribution in [0.2, 0.25) is 0 Å². The highest BCUT2D eigenvalue weighted by atomic mass is 127. The Hall–Kier alpha value is -2.49. The van der Waals surface area contributed by atoms with Crippen LogP contribution in [0.3, 0.4) is 0 Å². The van der Waals surface area contributed by atoms with Gasteiger partial charge in [0, 0.05) is 47.7 Å². The number of anilines is 1. The van der Waals surface area contributed by atoms with Crippen LogP contribution in [0, 0.1) is 10.5 Å². The van der Waals surface area contributed by atoms with Gasteiger partial charge < -0.3 is 9.80 Å². The Bertz CT molecular complexity index is 930. The second-order valence-electron chi connectivity index (χ2n) is 6.38. The number of amides is 1. The van der Waals surface area contributed by atoms with Crippen LogP contribution >= 0.6 is 22.6 Å². The van der Waals surface area contributed by atoms with Gasteiger partial charge in [0.2, 0.25) is 0 Å². The molecule has 1 aromatic carbocycles. The molecule has 1 amide bonds. The van der Waals surface area contributed by atoms with Gasteiger partial charge in [-0.2, -0.15) is 0 Å². The molecule has 1 aliphatic rings. The molecule has 0 aliphatic carbocycles. The van der Waals surface area contributed by atoms with E-state index in [2.05, 4.69) is 42.7 Å². The van der Waals surface area contributed by atoms with Gasteiger partial charge in [-0.25, -0.2) is 4.98 Å². The fourth-order valence-corrected chi connectivity index (χ4v) is 3.51. The Balaban J connectivity index is 1.39. The molecule has 1 aliphatic heterocycles. The molecule has 4 rings (SSSR count). The van der Waals surface area contributed by atoms with Crippen molar-refractivity contribution in [3.05, 3.63) is 63.7 Å². The van der Waals surface area contributed by atoms with Crippen molar-refractivity contribution in [1.82, 2.24) is 24.6 Å². The van der Waals surface area contributed by atoms with Crippen molar-refractivity contribution >= 4 is 34.3 Å². The first-order valence-electron chi connectivity index (χ1n) is 8.76. The van der Waals surface area contributed by atoms with E-state index in [0.29, 0.717) is 13.1 Å². The van der Waals surface area contributed by atoms with Crippen molar-refractivity contribution in [3.8, 4) is 5.82 Å². The molecule has 138 valence electrons. The normalized spacial score (nSPS) is 14.4. The summed E-state index contributed by atoms with van der Waals surface area (Å²) >= 11 is 2.24. The van der Waals surface area contributed by atoms with Crippen LogP contribution < -0.4 is 4.90 Å². The van der Waals surface area contributed by atoms with Gasteiger partial charge in [0.1, 0.15) is 5.82 Å². The van der Waals surface area contributed by atoms with E-state index in [0.717, 1.165) is 39.7 Å². The van der Waals surface area contributed by atoms with E-state index in [4.69, 9.17) is 0 Å². The number of nitrogens with zero attached hydrogens (tertiary/aromatic N) is 6. The van der Waals surface area contributed by atoms with Crippen LogP contribution in [0.25, 0.3) is 5.82 Å². The molecule has 27 heavy (non-hydrogen) atoms. The highest BCUT2D eigenvalue weighted by Crippen LogP contribution is 2.17. The zero-order chi connectivity index (χ0) is 18.8. The van der Waals surface area contributed by atoms with Crippen LogP contribution in [0.4, 0.5) is 5.82 Å². The van der Waals surface area contributed by atoms with Gasteiger partial charge in [0.25, 0.3) is 5.91 Å². The molecule has 2 aromatic heterocycles. The van der Waals surface area contributed by atoms with Crippen molar-refractivity contribution in [3.63, 3.8) is 0 Å². The number of aryl methyl sites for hydroxylation is 1. The number of benzene rings is 1. The standard InChI is InChI=1S/C19H19IN6O/c1-14-21-8-9-26(14)18-7-6-17(22-23-18)24-10-12-25(13-11-24)19(27)15-2-4-16(20)5-3-15/h2-9H,10-13H2,1H3. The third kappa shape index (κ3) is 3.80. The number of piperazine rings is 1. The summed E-state index contributed by atoms with van der Waals surface area (Å²) in [5, 5.41) is 8.68. The smallest absolute Gasteiger partial charge is 0.253 e. The number of hydrogen-bond donors (Lipinski definition) is 0. The van der Waals surface area contributed by atoms with E-state index < -0.39 is 0 Å². The summed E-state index contributed by atoms with van der Waals surface area (Å²) in [5.41, 5.74) is 0.740. The lowest BCUT2D eigenvalue weighted by Gasteiger charge is -2.35. The first-order chi connectivity index (χ1) is 13.1. The molecule has 3 heterocycles. The number of rotatable bonds is 3. The lowest BCUT2D eigenvalue weighted by Crippen LogP contribution is -2.49. The lowest BCUT2D eigenvalue weighted by atomic mass is 10.2. The first kappa shape index (κ1) is 17.9. The fourth-order valence-electron chi connectivity index (χ4n) is 3.15. The Morgan fingerprint density at radius 3 is 2.22 bits per heavy atom. The molecule has 0 N–H and O–H groups in total. The third-order valence-corrected chi connectivity index (χ3v) is 5.41. The van der Waals surface area contributed by atoms with Crippen molar-refractivity contribution in [2.75, 3.05) is 31.1 Å². The van der Waals surface area contributed by atoms with Gasteiger partial charge in [0.15, 0.2) is 11.6 Å². The van der Waals surface area contributed by atoms with Crippen LogP contribution in [0.1, 0.15) is 16.2 Å². The Morgan fingerprint density at radius 1 is 0.963 bits per heavy atom. The number of aromatic nitrogens is 4. The third-order valence-electron chi connectivity index (χ3n) is 4.69. The number of halogens is 1. The maximum atomic E-state index is 12.6. The molecule has 3 aromatic rings. The second-order valence-corrected chi connectivity index (χ2v) is 7.63. The minimum absolute atomic E-state index is 0.0862. The Labute approximate surface area is 171 Å². The molecule has 0 spiro atoms. The molecule has 0 atom stereocenters. The van der Waals surface area contributed by atoms with Gasteiger partial charge in [0.05, 0.1) is 0 Å². The molecule has 0 saturated carbocycles. The lowest BCUT2D eigenvalue weighted by molar-refractivity contribution is 0.0746. The Kier molecular flexibility index (Phi) is 5.06. The quantitative estimate of drug-likeness (QED) is 0.546. The van der Waals surface area contributed by atoms with Crippen molar-refractivity contribution < 1.29 is 4.79 Å². The molecule has 8 heteroatoms. The zero-order valence-electron chi connectivity index (χ0n) is 14.9. The predicted molar refractivity (Wildman–Crippen MR) is 111 cm³/mol. The topological polar surface area (TPSA) is 67.2 Å². The highest BCUT2D eigenvalue weighted by Gasteiger charge is 2.23. The van der Waals surface area contributed by atoms with E-state index in [9.17, 15) is 4.79 Å². The molecule has 0 bridgehead atoms. The molecule has 1 fully saturated rings. The van der Waals surface area contributed by atoms with Crippen molar-refractivity contribution in [2.45, 2.75) is 6.92 Å². The van der Waals surface area contributed by atoms with Crippen LogP contribution in [-0.2, 0) is 0 Å². The van der Waals surface area contributed by atoms with Gasteiger partial charge in [-0.15, -0.1) is 10.2 Å². The first-order valence-corrected chi connectivity index (χ1v) is 9.83. The zero-order valence-corrected chi connectivity index (χ0v) is 17.1. The average Bonchev–Trinajstić information content (AvgIpc) is 3.14. The molecule has 1 saturated heterocycles. The summed E-state index contributed by atoms with van der Waals surface area (Å²) in [6.45, 7) is 4.77. The number of imidazole rings is 1. The monoisotopic (exact) mass is 474 g/mol. The minimum atomic E-state index is 0.0862. The molecular formula is C19H19IN6O. The van der Waals surface area contributed by atoms with Gasteiger partial charge in [-0.05, 0) is 65.9 Å². The molecule has 7 nitrogen and oxygen atoms in total. The van der Waals surface area contributed by atoms with E-state index in [1.807, 2.05) is 59.0 Å². The van der Waals surface area contributed by atoms with Crippen LogP contribution in [0.15, 0.2) is 48.8 Å². The number of carbonyl (C=O) groups is 1. The maximum absolute atomic E-state index is 12.6. The summed E-state index contributed by atoms with van der Waals surface area (Å²) < 4.78 is 3.02. The summed E-state index contributed by atoms with van der Waals surface area (Å²) in [6, 6.07) is 11.6. The van der Waals surface area contributed by atoms with E-state index in [-0.39, 0.29) is 5.91 Å². The molecular weight excluding hydrogens is 455 g/mol. The molecule has 0 radical (unpaired) electrons. The number of hydrogen-bond acceptors (Lipinski definition) is 5. The van der Waals surface area contributed by atoms with E-state index in [1.54, 1.807) is 6.20 Å². The Morgan fingerprint density at radius 2 is 1.63 bits per heavy atom. The highest BCUT2D eigenvalue weighted by molar-refractivity contribution is 14.1. The second kappa shape index (κ2) is 7.63. The van der Waals surface area contributed by atoms with E-state index in [1.165, 1.54) is 0 Å². The molecule has 0 unspecified atom stereocenters. The van der Waals surface area contributed by atoms with Crippen molar-refractivity contribution in [1.29, 1.82) is 0 Å².